The third kappa shape index (κ3) is 1.61. The van der Waals surface area contributed by atoms with Gasteiger partial charge in [-0.3, -0.25) is 0 Å². The topological polar surface area (TPSA) is 50.2 Å². The van der Waals surface area contributed by atoms with E-state index in [1.165, 1.54) is 0 Å². The van der Waals surface area contributed by atoms with Gasteiger partial charge in [0.15, 0.2) is 5.69 Å². The van der Waals surface area contributed by atoms with Gasteiger partial charge >= 0.3 is 5.97 Å². The molecule has 0 bridgehead atoms. The average Bonchev–Trinajstić information content (AvgIpc) is 2.31. The highest BCUT2D eigenvalue weighted by atomic mass is 32.1. The molecular weight excluding hydrogens is 181 g/mol. The molecule has 12 heavy (non-hydrogen) atoms. The molecule has 1 rings (SSSR count). The Morgan fingerprint density at radius 3 is 2.58 bits per heavy atom. The summed E-state index contributed by atoms with van der Waals surface area (Å²) in [6.07, 6.45) is 0. The van der Waals surface area contributed by atoms with Crippen LogP contribution in [0.4, 0.5) is 4.39 Å². The summed E-state index contributed by atoms with van der Waals surface area (Å²) in [5, 5.41) is 7.92. The number of hydrogen-bond acceptors (Lipinski definition) is 3. The van der Waals surface area contributed by atoms with Crippen molar-refractivity contribution in [2.45, 2.75) is 19.8 Å². The zero-order valence-electron chi connectivity index (χ0n) is 6.67. The molecule has 0 fully saturated rings. The normalized spacial score (nSPS) is 10.7. The highest BCUT2D eigenvalue weighted by molar-refractivity contribution is 7.10. The predicted octanol–water partition coefficient (Wildman–Crippen LogP) is 2.10. The van der Waals surface area contributed by atoms with Crippen LogP contribution in [0.25, 0.3) is 0 Å². The minimum absolute atomic E-state index is 0.00176. The minimum atomic E-state index is -1.17. The van der Waals surface area contributed by atoms with Crippen molar-refractivity contribution >= 4 is 17.3 Å². The number of carboxylic acid groups (broad SMARTS) is 1. The summed E-state index contributed by atoms with van der Waals surface area (Å²) in [6.45, 7) is 3.61. The van der Waals surface area contributed by atoms with Gasteiger partial charge in [0.2, 0.25) is 0 Å². The summed E-state index contributed by atoms with van der Waals surface area (Å²) in [4.78, 5) is 14.3. The first-order valence-electron chi connectivity index (χ1n) is 3.42. The molecule has 66 valence electrons. The second kappa shape index (κ2) is 3.18. The number of thiazole rings is 1. The van der Waals surface area contributed by atoms with Crippen molar-refractivity contribution in [3.63, 3.8) is 0 Å². The Balaban J connectivity index is 3.17. The SMILES string of the molecule is CC(C)c1sc(F)nc1C(=O)O. The van der Waals surface area contributed by atoms with Gasteiger partial charge in [0.25, 0.3) is 5.26 Å². The van der Waals surface area contributed by atoms with E-state index in [2.05, 4.69) is 4.98 Å². The molecule has 1 aromatic heterocycles. The molecule has 0 unspecified atom stereocenters. The Hall–Kier alpha value is -0.970. The molecule has 0 aromatic carbocycles. The number of carboxylic acids is 1. The second-order valence-corrected chi connectivity index (χ2v) is 3.62. The van der Waals surface area contributed by atoms with Crippen LogP contribution >= 0.6 is 11.3 Å². The summed E-state index contributed by atoms with van der Waals surface area (Å²) in [6, 6.07) is 0. The van der Waals surface area contributed by atoms with Crippen molar-refractivity contribution in [1.29, 1.82) is 0 Å². The highest BCUT2D eigenvalue weighted by Crippen LogP contribution is 2.25. The fourth-order valence-corrected chi connectivity index (χ4v) is 1.63. The molecule has 5 heteroatoms. The van der Waals surface area contributed by atoms with E-state index in [4.69, 9.17) is 5.11 Å². The van der Waals surface area contributed by atoms with Gasteiger partial charge in [-0.25, -0.2) is 9.78 Å². The molecule has 0 aliphatic heterocycles. The smallest absolute Gasteiger partial charge is 0.355 e. The lowest BCUT2D eigenvalue weighted by atomic mass is 10.1. The van der Waals surface area contributed by atoms with Crippen LogP contribution in [0.3, 0.4) is 0 Å². The molecule has 0 aliphatic carbocycles. The first kappa shape index (κ1) is 9.12. The Morgan fingerprint density at radius 1 is 1.67 bits per heavy atom. The maximum atomic E-state index is 12.6. The van der Waals surface area contributed by atoms with Gasteiger partial charge in [-0.15, -0.1) is 0 Å². The molecule has 0 aliphatic rings. The molecule has 1 aromatic rings. The third-order valence-corrected chi connectivity index (χ3v) is 2.50. The van der Waals surface area contributed by atoms with E-state index in [1.807, 2.05) is 0 Å². The largest absolute Gasteiger partial charge is 0.476 e. The number of aromatic nitrogens is 1. The molecule has 0 spiro atoms. The fourth-order valence-electron chi connectivity index (χ4n) is 0.849. The summed E-state index contributed by atoms with van der Waals surface area (Å²) in [7, 11) is 0. The molecular formula is C7H8FNO2S. The fraction of sp³-hybridized carbons (Fsp3) is 0.429. The number of hydrogen-bond donors (Lipinski definition) is 1. The Morgan fingerprint density at radius 2 is 2.25 bits per heavy atom. The van der Waals surface area contributed by atoms with E-state index in [-0.39, 0.29) is 11.6 Å². The van der Waals surface area contributed by atoms with Crippen molar-refractivity contribution in [3.05, 3.63) is 15.8 Å². The minimum Gasteiger partial charge on any atom is -0.476 e. The van der Waals surface area contributed by atoms with Crippen LogP contribution in [0.15, 0.2) is 0 Å². The molecule has 1 heterocycles. The Labute approximate surface area is 72.9 Å². The molecule has 0 saturated heterocycles. The van der Waals surface area contributed by atoms with Gasteiger partial charge < -0.3 is 5.11 Å². The standard InChI is InChI=1S/C7H8FNO2S/c1-3(2)5-4(6(10)11)9-7(8)12-5/h3H,1-2H3,(H,10,11). The number of aromatic carboxylic acids is 1. The Bertz CT molecular complexity index is 308. The zero-order chi connectivity index (χ0) is 9.30. The van der Waals surface area contributed by atoms with Crippen LogP contribution in [-0.4, -0.2) is 16.1 Å². The van der Waals surface area contributed by atoms with Gasteiger partial charge in [0, 0.05) is 4.88 Å². The van der Waals surface area contributed by atoms with Crippen molar-refractivity contribution < 1.29 is 14.3 Å². The monoisotopic (exact) mass is 189 g/mol. The van der Waals surface area contributed by atoms with E-state index in [1.54, 1.807) is 13.8 Å². The van der Waals surface area contributed by atoms with Crippen molar-refractivity contribution in [2.24, 2.45) is 0 Å². The van der Waals surface area contributed by atoms with Gasteiger partial charge in [-0.05, 0) is 5.92 Å². The second-order valence-electron chi connectivity index (χ2n) is 2.64. The lowest BCUT2D eigenvalue weighted by Gasteiger charge is -1.99. The first-order chi connectivity index (χ1) is 5.52. The van der Waals surface area contributed by atoms with E-state index in [0.717, 1.165) is 11.3 Å². The predicted molar refractivity (Wildman–Crippen MR) is 43.1 cm³/mol. The molecule has 0 atom stereocenters. The van der Waals surface area contributed by atoms with Crippen LogP contribution < -0.4 is 0 Å². The molecule has 3 nitrogen and oxygen atoms in total. The average molecular weight is 189 g/mol. The highest BCUT2D eigenvalue weighted by Gasteiger charge is 2.19. The van der Waals surface area contributed by atoms with Gasteiger partial charge in [-0.2, -0.15) is 4.39 Å². The van der Waals surface area contributed by atoms with E-state index in [9.17, 15) is 9.18 Å². The van der Waals surface area contributed by atoms with Crippen LogP contribution in [0.1, 0.15) is 35.1 Å². The van der Waals surface area contributed by atoms with Crippen LogP contribution in [0.5, 0.6) is 0 Å². The van der Waals surface area contributed by atoms with Crippen molar-refractivity contribution in [1.82, 2.24) is 4.98 Å². The van der Waals surface area contributed by atoms with Gasteiger partial charge in [-0.1, -0.05) is 25.2 Å². The Kier molecular flexibility index (Phi) is 2.42. The number of nitrogens with zero attached hydrogens (tertiary/aromatic N) is 1. The van der Waals surface area contributed by atoms with Crippen molar-refractivity contribution in [2.75, 3.05) is 0 Å². The quantitative estimate of drug-likeness (QED) is 0.775. The van der Waals surface area contributed by atoms with Crippen LogP contribution in [-0.2, 0) is 0 Å². The third-order valence-electron chi connectivity index (χ3n) is 1.35. The van der Waals surface area contributed by atoms with E-state index < -0.39 is 11.2 Å². The number of halogens is 1. The lowest BCUT2D eigenvalue weighted by molar-refractivity contribution is 0.0689. The van der Waals surface area contributed by atoms with Crippen LogP contribution in [0.2, 0.25) is 0 Å². The van der Waals surface area contributed by atoms with Crippen LogP contribution in [0, 0.1) is 5.26 Å². The molecule has 0 amide bonds. The number of rotatable bonds is 2. The number of carbonyl (C=O) groups is 1. The molecule has 1 N–H and O–H groups in total. The van der Waals surface area contributed by atoms with E-state index in [0.29, 0.717) is 4.88 Å². The van der Waals surface area contributed by atoms with Crippen molar-refractivity contribution in [3.8, 4) is 0 Å². The maximum Gasteiger partial charge on any atom is 0.355 e. The summed E-state index contributed by atoms with van der Waals surface area (Å²) < 4.78 is 12.6. The van der Waals surface area contributed by atoms with Gasteiger partial charge in [0.1, 0.15) is 0 Å². The van der Waals surface area contributed by atoms with Gasteiger partial charge in [0.05, 0.1) is 0 Å². The molecule has 0 saturated carbocycles. The maximum absolute atomic E-state index is 12.6. The summed E-state index contributed by atoms with van der Waals surface area (Å²) in [5.41, 5.74) is -0.160. The first-order valence-corrected chi connectivity index (χ1v) is 4.23. The van der Waals surface area contributed by atoms with E-state index >= 15 is 0 Å². The lowest BCUT2D eigenvalue weighted by Crippen LogP contribution is -2.01. The zero-order valence-corrected chi connectivity index (χ0v) is 7.48. The molecule has 0 radical (unpaired) electrons. The summed E-state index contributed by atoms with van der Waals surface area (Å²) >= 11 is 0.792. The summed E-state index contributed by atoms with van der Waals surface area (Å²) in [5.74, 6) is -1.17.